The maximum absolute atomic E-state index is 10.7. The fraction of sp³-hybridized carbons (Fsp3) is 0.667. The van der Waals surface area contributed by atoms with Crippen molar-refractivity contribution < 1.29 is 14.6 Å². The zero-order chi connectivity index (χ0) is 15.1. The van der Waals surface area contributed by atoms with E-state index in [1.165, 1.54) is 7.11 Å². The molecule has 0 saturated carbocycles. The van der Waals surface area contributed by atoms with Gasteiger partial charge in [-0.05, 0) is 31.4 Å². The van der Waals surface area contributed by atoms with Crippen molar-refractivity contribution in [3.63, 3.8) is 0 Å². The Morgan fingerprint density at radius 3 is 2.65 bits per heavy atom. The van der Waals surface area contributed by atoms with Crippen LogP contribution < -0.4 is 10.1 Å². The molecule has 0 aliphatic heterocycles. The Morgan fingerprint density at radius 1 is 1.35 bits per heavy atom. The van der Waals surface area contributed by atoms with Crippen LogP contribution in [0.3, 0.4) is 0 Å². The third-order valence-electron chi connectivity index (χ3n) is 2.84. The van der Waals surface area contributed by atoms with E-state index in [0.29, 0.717) is 12.4 Å². The van der Waals surface area contributed by atoms with Gasteiger partial charge in [-0.1, -0.05) is 13.3 Å². The molecule has 0 spiro atoms. The van der Waals surface area contributed by atoms with Crippen LogP contribution in [0.1, 0.15) is 33.1 Å². The molecule has 1 rings (SSSR count). The molecule has 1 aromatic rings. The second-order valence-corrected chi connectivity index (χ2v) is 4.97. The predicted octanol–water partition coefficient (Wildman–Crippen LogP) is 2.22. The molecule has 112 valence electrons. The molecule has 0 aliphatic carbocycles. The van der Waals surface area contributed by atoms with Crippen LogP contribution in [0.15, 0.2) is 0 Å². The van der Waals surface area contributed by atoms with Gasteiger partial charge in [0.05, 0.1) is 13.0 Å². The molecule has 0 aromatic carbocycles. The largest absolute Gasteiger partial charge is 0.481 e. The van der Waals surface area contributed by atoms with Gasteiger partial charge in [0.25, 0.3) is 0 Å². The molecule has 20 heavy (non-hydrogen) atoms. The number of hydrogen-bond acceptors (Lipinski definition) is 6. The van der Waals surface area contributed by atoms with Crippen LogP contribution in [0, 0.1) is 5.92 Å². The number of anilines is 1. The van der Waals surface area contributed by atoms with Crippen molar-refractivity contribution in [1.29, 1.82) is 0 Å². The molecule has 2 unspecified atom stereocenters. The molecular formula is C12H19ClN4O3. The van der Waals surface area contributed by atoms with E-state index in [9.17, 15) is 4.79 Å². The molecule has 0 saturated heterocycles. The Morgan fingerprint density at radius 2 is 2.05 bits per heavy atom. The summed E-state index contributed by atoms with van der Waals surface area (Å²) < 4.78 is 4.90. The number of aromatic nitrogens is 3. The summed E-state index contributed by atoms with van der Waals surface area (Å²) in [4.78, 5) is 22.5. The summed E-state index contributed by atoms with van der Waals surface area (Å²) >= 11 is 5.75. The van der Waals surface area contributed by atoms with Gasteiger partial charge in [0.1, 0.15) is 0 Å². The molecule has 2 N–H and O–H groups in total. The third-order valence-corrected chi connectivity index (χ3v) is 3.01. The summed E-state index contributed by atoms with van der Waals surface area (Å²) in [5, 5.41) is 11.9. The summed E-state index contributed by atoms with van der Waals surface area (Å²) in [7, 11) is 1.45. The number of methoxy groups -OCH3 is 1. The predicted molar refractivity (Wildman–Crippen MR) is 75.1 cm³/mol. The van der Waals surface area contributed by atoms with Crippen LogP contribution >= 0.6 is 11.6 Å². The standard InChI is InChI=1S/C12H19ClN4O3/c1-7(9(18)19)5-4-6-8(2)14-11-15-10(13)16-12(17-11)20-3/h7-8H,4-6H2,1-3H3,(H,18,19)(H,14,15,16,17). The van der Waals surface area contributed by atoms with Gasteiger partial charge >= 0.3 is 12.0 Å². The smallest absolute Gasteiger partial charge is 0.322 e. The Bertz CT molecular complexity index is 458. The number of carboxylic acids is 1. The Kier molecular flexibility index (Phi) is 6.44. The number of aliphatic carboxylic acids is 1. The molecule has 0 aliphatic rings. The number of nitrogens with one attached hydrogen (secondary N) is 1. The lowest BCUT2D eigenvalue weighted by atomic mass is 10.0. The average Bonchev–Trinajstić information content (AvgIpc) is 2.37. The summed E-state index contributed by atoms with van der Waals surface area (Å²) in [6.07, 6.45) is 2.25. The first-order valence-electron chi connectivity index (χ1n) is 6.37. The second-order valence-electron chi connectivity index (χ2n) is 4.63. The van der Waals surface area contributed by atoms with Gasteiger partial charge < -0.3 is 15.2 Å². The average molecular weight is 303 g/mol. The van der Waals surface area contributed by atoms with E-state index in [1.54, 1.807) is 6.92 Å². The Labute approximate surface area is 122 Å². The Balaban J connectivity index is 2.44. The summed E-state index contributed by atoms with van der Waals surface area (Å²) in [6.45, 7) is 3.67. The number of halogens is 1. The first kappa shape index (κ1) is 16.4. The number of hydrogen-bond donors (Lipinski definition) is 2. The first-order valence-corrected chi connectivity index (χ1v) is 6.75. The minimum Gasteiger partial charge on any atom is -0.481 e. The highest BCUT2D eigenvalue weighted by atomic mass is 35.5. The molecule has 7 nitrogen and oxygen atoms in total. The van der Waals surface area contributed by atoms with E-state index in [0.717, 1.165) is 12.8 Å². The molecule has 0 fully saturated rings. The minimum absolute atomic E-state index is 0.0612. The Hall–Kier alpha value is -1.63. The van der Waals surface area contributed by atoms with E-state index in [1.807, 2.05) is 6.92 Å². The molecule has 0 radical (unpaired) electrons. The van der Waals surface area contributed by atoms with Crippen LogP contribution in [-0.2, 0) is 4.79 Å². The SMILES string of the molecule is COc1nc(Cl)nc(NC(C)CCCC(C)C(=O)O)n1. The van der Waals surface area contributed by atoms with E-state index in [2.05, 4.69) is 20.3 Å². The molecule has 0 amide bonds. The zero-order valence-electron chi connectivity index (χ0n) is 11.8. The van der Waals surface area contributed by atoms with E-state index in [-0.39, 0.29) is 23.3 Å². The van der Waals surface area contributed by atoms with Gasteiger partial charge in [0, 0.05) is 6.04 Å². The van der Waals surface area contributed by atoms with Crippen LogP contribution in [0.5, 0.6) is 6.01 Å². The maximum atomic E-state index is 10.7. The van der Waals surface area contributed by atoms with Gasteiger partial charge in [-0.2, -0.15) is 15.0 Å². The zero-order valence-corrected chi connectivity index (χ0v) is 12.5. The van der Waals surface area contributed by atoms with E-state index < -0.39 is 5.97 Å². The van der Waals surface area contributed by atoms with Crippen LogP contribution in [0.4, 0.5) is 5.95 Å². The monoisotopic (exact) mass is 302 g/mol. The quantitative estimate of drug-likeness (QED) is 0.760. The van der Waals surface area contributed by atoms with Crippen molar-refractivity contribution >= 4 is 23.5 Å². The van der Waals surface area contributed by atoms with E-state index in [4.69, 9.17) is 21.4 Å². The number of ether oxygens (including phenoxy) is 1. The number of rotatable bonds is 8. The second kappa shape index (κ2) is 7.84. The lowest BCUT2D eigenvalue weighted by Crippen LogP contribution is -2.18. The van der Waals surface area contributed by atoms with Crippen LogP contribution in [-0.4, -0.2) is 39.2 Å². The normalized spacial score (nSPS) is 13.6. The lowest BCUT2D eigenvalue weighted by molar-refractivity contribution is -0.141. The van der Waals surface area contributed by atoms with Crippen molar-refractivity contribution in [2.24, 2.45) is 5.92 Å². The minimum atomic E-state index is -0.764. The molecular weight excluding hydrogens is 284 g/mol. The van der Waals surface area contributed by atoms with Gasteiger partial charge in [0.2, 0.25) is 11.2 Å². The molecule has 1 heterocycles. The van der Waals surface area contributed by atoms with Gasteiger partial charge in [0.15, 0.2) is 0 Å². The summed E-state index contributed by atoms with van der Waals surface area (Å²) in [6, 6.07) is 0.248. The summed E-state index contributed by atoms with van der Waals surface area (Å²) in [5.74, 6) is -0.742. The number of carboxylic acid groups (broad SMARTS) is 1. The third kappa shape index (κ3) is 5.56. The van der Waals surface area contributed by atoms with Crippen molar-refractivity contribution in [3.8, 4) is 6.01 Å². The van der Waals surface area contributed by atoms with Gasteiger partial charge in [-0.15, -0.1) is 0 Å². The van der Waals surface area contributed by atoms with Crippen molar-refractivity contribution in [3.05, 3.63) is 5.28 Å². The van der Waals surface area contributed by atoms with Crippen molar-refractivity contribution in [1.82, 2.24) is 15.0 Å². The highest BCUT2D eigenvalue weighted by molar-refractivity contribution is 6.28. The van der Waals surface area contributed by atoms with Crippen LogP contribution in [0.2, 0.25) is 5.28 Å². The van der Waals surface area contributed by atoms with Crippen LogP contribution in [0.25, 0.3) is 0 Å². The first-order chi connectivity index (χ1) is 9.42. The molecule has 1 aromatic heterocycles. The maximum Gasteiger partial charge on any atom is 0.322 e. The highest BCUT2D eigenvalue weighted by Gasteiger charge is 2.12. The van der Waals surface area contributed by atoms with Crippen molar-refractivity contribution in [2.45, 2.75) is 39.2 Å². The number of nitrogens with zero attached hydrogens (tertiary/aromatic N) is 3. The molecule has 8 heteroatoms. The topological polar surface area (TPSA) is 97.2 Å². The van der Waals surface area contributed by atoms with Gasteiger partial charge in [-0.25, -0.2) is 0 Å². The lowest BCUT2D eigenvalue weighted by Gasteiger charge is -2.14. The van der Waals surface area contributed by atoms with Crippen molar-refractivity contribution in [2.75, 3.05) is 12.4 Å². The highest BCUT2D eigenvalue weighted by Crippen LogP contribution is 2.14. The fourth-order valence-electron chi connectivity index (χ4n) is 1.63. The summed E-state index contributed by atoms with van der Waals surface area (Å²) in [5.41, 5.74) is 0. The molecule has 2 atom stereocenters. The number of carbonyl (C=O) groups is 1. The fourth-order valence-corrected chi connectivity index (χ4v) is 1.79. The van der Waals surface area contributed by atoms with Gasteiger partial charge in [-0.3, -0.25) is 4.79 Å². The molecule has 0 bridgehead atoms. The van der Waals surface area contributed by atoms with E-state index >= 15 is 0 Å².